The summed E-state index contributed by atoms with van der Waals surface area (Å²) in [5.41, 5.74) is 0. The van der Waals surface area contributed by atoms with Gasteiger partial charge in [-0.15, -0.1) is 0 Å². The average molecular weight is 265 g/mol. The van der Waals surface area contributed by atoms with Gasteiger partial charge >= 0.3 is 18.1 Å². The van der Waals surface area contributed by atoms with Gasteiger partial charge in [0.1, 0.15) is 12.4 Å². The lowest BCUT2D eigenvalue weighted by Gasteiger charge is -2.26. The van der Waals surface area contributed by atoms with Crippen LogP contribution in [0.1, 0.15) is 6.92 Å². The predicted molar refractivity (Wildman–Crippen MR) is 41.5 cm³/mol. The van der Waals surface area contributed by atoms with Gasteiger partial charge in [0.2, 0.25) is 6.33 Å². The van der Waals surface area contributed by atoms with Crippen LogP contribution < -0.4 is 4.57 Å². The molecule has 1 aromatic heterocycles. The fourth-order valence-corrected chi connectivity index (χ4v) is 1.22. The van der Waals surface area contributed by atoms with E-state index in [1.807, 2.05) is 0 Å². The summed E-state index contributed by atoms with van der Waals surface area (Å²) in [7, 11) is 0. The molecule has 0 saturated carbocycles. The van der Waals surface area contributed by atoms with E-state index in [-0.39, 0.29) is 6.54 Å². The molecule has 1 aromatic rings. The van der Waals surface area contributed by atoms with Crippen molar-refractivity contribution in [3.05, 3.63) is 18.7 Å². The number of imidazole rings is 1. The van der Waals surface area contributed by atoms with E-state index in [0.29, 0.717) is 12.5 Å². The van der Waals surface area contributed by atoms with Crippen LogP contribution in [0.3, 0.4) is 0 Å². The first kappa shape index (κ1) is 13.8. The maximum atomic E-state index is 13.4. The monoisotopic (exact) mass is 265 g/mol. The van der Waals surface area contributed by atoms with E-state index in [1.165, 1.54) is 6.92 Å². The molecule has 0 aliphatic heterocycles. The van der Waals surface area contributed by atoms with Crippen LogP contribution in [0, 0.1) is 0 Å². The van der Waals surface area contributed by atoms with Gasteiger partial charge < -0.3 is 0 Å². The number of halogens is 7. The molecule has 1 heterocycles. The molecule has 0 N–H and O–H groups in total. The summed E-state index contributed by atoms with van der Waals surface area (Å²) in [6.45, 7) is 1.62. The number of aromatic nitrogens is 2. The van der Waals surface area contributed by atoms with Crippen molar-refractivity contribution in [2.45, 2.75) is 31.6 Å². The molecular weight excluding hydrogens is 257 g/mol. The lowest BCUT2D eigenvalue weighted by atomic mass is 10.2. The lowest BCUT2D eigenvalue weighted by Crippen LogP contribution is -2.54. The van der Waals surface area contributed by atoms with Crippen LogP contribution in [-0.4, -0.2) is 16.9 Å². The summed E-state index contributed by atoms with van der Waals surface area (Å²) < 4.78 is 87.5. The number of aryl methyl sites for hydroxylation is 1. The molecule has 0 aromatic carbocycles. The Morgan fingerprint density at radius 3 is 1.76 bits per heavy atom. The summed E-state index contributed by atoms with van der Waals surface area (Å²) in [5, 5.41) is 0. The van der Waals surface area contributed by atoms with Crippen LogP contribution in [0.2, 0.25) is 0 Å². The zero-order valence-electron chi connectivity index (χ0n) is 8.48. The van der Waals surface area contributed by atoms with Gasteiger partial charge in [-0.2, -0.15) is 35.3 Å². The molecule has 17 heavy (non-hydrogen) atoms. The first-order chi connectivity index (χ1) is 7.54. The van der Waals surface area contributed by atoms with Crippen molar-refractivity contribution in [3.8, 4) is 0 Å². The number of alkyl halides is 7. The van der Waals surface area contributed by atoms with Crippen molar-refractivity contribution in [2.24, 2.45) is 0 Å². The van der Waals surface area contributed by atoms with Gasteiger partial charge in [-0.1, -0.05) is 0 Å². The van der Waals surface area contributed by atoms with E-state index in [9.17, 15) is 30.7 Å². The van der Waals surface area contributed by atoms with Crippen molar-refractivity contribution < 1.29 is 35.3 Å². The summed E-state index contributed by atoms with van der Waals surface area (Å²) in [5.74, 6) is -5.42. The third-order valence-corrected chi connectivity index (χ3v) is 2.16. The second-order valence-corrected chi connectivity index (χ2v) is 3.27. The quantitative estimate of drug-likeness (QED) is 0.574. The van der Waals surface area contributed by atoms with Gasteiger partial charge in [0.25, 0.3) is 0 Å². The Morgan fingerprint density at radius 1 is 1.00 bits per heavy atom. The Balaban J connectivity index is 3.35. The SMILES string of the molecule is CC[n+]1ccn(C(F)(C(F)(F)F)C(F)(F)F)c1. The second-order valence-electron chi connectivity index (χ2n) is 3.27. The maximum absolute atomic E-state index is 13.4. The number of hydrogen-bond donors (Lipinski definition) is 0. The largest absolute Gasteiger partial charge is 0.474 e. The Labute approximate surface area is 91.3 Å². The predicted octanol–water partition coefficient (Wildman–Crippen LogP) is 2.54. The minimum absolute atomic E-state index is 0.124. The summed E-state index contributed by atoms with van der Waals surface area (Å²) in [6, 6.07) is 0. The standard InChI is InChI=1S/C8H8F7N2/c1-2-16-3-4-17(5-16)6(9,7(10,11)12)8(13,14)15/h3-5H,2H2,1H3/q+1. The number of nitrogens with zero attached hydrogens (tertiary/aromatic N) is 2. The third-order valence-electron chi connectivity index (χ3n) is 2.16. The Kier molecular flexibility index (Phi) is 3.15. The Morgan fingerprint density at radius 2 is 1.47 bits per heavy atom. The zero-order chi connectivity index (χ0) is 13.5. The summed E-state index contributed by atoms with van der Waals surface area (Å²) in [6.07, 6.45) is -10.4. The van der Waals surface area contributed by atoms with E-state index >= 15 is 0 Å². The third kappa shape index (κ3) is 2.09. The van der Waals surface area contributed by atoms with Crippen LogP contribution in [-0.2, 0) is 12.3 Å². The highest BCUT2D eigenvalue weighted by atomic mass is 19.4. The first-order valence-corrected chi connectivity index (χ1v) is 4.44. The minimum Gasteiger partial charge on any atom is -0.237 e. The van der Waals surface area contributed by atoms with E-state index in [1.54, 1.807) is 0 Å². The topological polar surface area (TPSA) is 8.81 Å². The van der Waals surface area contributed by atoms with Gasteiger partial charge in [0, 0.05) is 0 Å². The molecule has 0 unspecified atom stereocenters. The molecule has 0 saturated heterocycles. The van der Waals surface area contributed by atoms with Crippen molar-refractivity contribution in [2.75, 3.05) is 0 Å². The highest BCUT2D eigenvalue weighted by Crippen LogP contribution is 2.49. The van der Waals surface area contributed by atoms with Crippen LogP contribution in [0.5, 0.6) is 0 Å². The van der Waals surface area contributed by atoms with E-state index in [2.05, 4.69) is 0 Å². The Bertz CT molecular complexity index is 375. The average Bonchev–Trinajstić information content (AvgIpc) is 2.61. The van der Waals surface area contributed by atoms with Gasteiger partial charge in [-0.25, -0.2) is 4.57 Å². The zero-order valence-corrected chi connectivity index (χ0v) is 8.48. The normalized spacial score (nSPS) is 14.1. The number of hydrogen-bond acceptors (Lipinski definition) is 0. The van der Waals surface area contributed by atoms with Gasteiger partial charge in [-0.05, 0) is 6.92 Å². The molecule has 2 nitrogen and oxygen atoms in total. The molecule has 0 radical (unpaired) electrons. The molecule has 0 amide bonds. The molecule has 1 rings (SSSR count). The molecule has 9 heteroatoms. The maximum Gasteiger partial charge on any atom is 0.474 e. The lowest BCUT2D eigenvalue weighted by molar-refractivity contribution is -0.694. The summed E-state index contributed by atoms with van der Waals surface area (Å²) in [4.78, 5) is 0. The van der Waals surface area contributed by atoms with Crippen LogP contribution >= 0.6 is 0 Å². The molecule has 0 aliphatic rings. The van der Waals surface area contributed by atoms with E-state index in [4.69, 9.17) is 0 Å². The van der Waals surface area contributed by atoms with Crippen LogP contribution in [0.4, 0.5) is 30.7 Å². The van der Waals surface area contributed by atoms with E-state index < -0.39 is 22.7 Å². The fourth-order valence-electron chi connectivity index (χ4n) is 1.22. The molecule has 0 spiro atoms. The first-order valence-electron chi connectivity index (χ1n) is 4.44. The highest BCUT2D eigenvalue weighted by molar-refractivity contribution is 4.92. The number of rotatable bonds is 2. The second kappa shape index (κ2) is 3.88. The fraction of sp³-hybridized carbons (Fsp3) is 0.625. The van der Waals surface area contributed by atoms with Gasteiger partial charge in [0.05, 0.1) is 6.54 Å². The smallest absolute Gasteiger partial charge is 0.237 e. The Hall–Kier alpha value is -1.28. The molecule has 0 fully saturated rings. The highest BCUT2D eigenvalue weighted by Gasteiger charge is 2.78. The minimum atomic E-state index is -6.09. The van der Waals surface area contributed by atoms with Crippen molar-refractivity contribution in [1.29, 1.82) is 0 Å². The molecule has 0 aliphatic carbocycles. The van der Waals surface area contributed by atoms with Crippen molar-refractivity contribution in [1.82, 2.24) is 4.57 Å². The van der Waals surface area contributed by atoms with Crippen LogP contribution in [0.15, 0.2) is 18.7 Å². The van der Waals surface area contributed by atoms with Crippen LogP contribution in [0.25, 0.3) is 0 Å². The molecule has 0 bridgehead atoms. The molecular formula is C8H8F7N2+. The van der Waals surface area contributed by atoms with Gasteiger partial charge in [0.15, 0.2) is 0 Å². The molecule has 0 atom stereocenters. The van der Waals surface area contributed by atoms with Gasteiger partial charge in [-0.3, -0.25) is 0 Å². The van der Waals surface area contributed by atoms with Crippen molar-refractivity contribution in [3.63, 3.8) is 0 Å². The molecule has 98 valence electrons. The summed E-state index contributed by atoms with van der Waals surface area (Å²) >= 11 is 0. The van der Waals surface area contributed by atoms with E-state index in [0.717, 1.165) is 10.8 Å². The van der Waals surface area contributed by atoms with Crippen molar-refractivity contribution >= 4 is 0 Å².